The maximum Gasteiger partial charge on any atom is 0.162 e. The minimum atomic E-state index is -0.732. The SMILES string of the molecule is CCC(N)(CO)COc1ccc(C(=O)CCCc2ccc(C)cc2)cc1. The van der Waals surface area contributed by atoms with Crippen molar-refractivity contribution in [3.8, 4) is 5.75 Å². The van der Waals surface area contributed by atoms with E-state index < -0.39 is 5.54 Å². The van der Waals surface area contributed by atoms with Gasteiger partial charge in [0.05, 0.1) is 12.1 Å². The fourth-order valence-corrected chi connectivity index (χ4v) is 2.58. The van der Waals surface area contributed by atoms with E-state index in [1.807, 2.05) is 6.92 Å². The highest BCUT2D eigenvalue weighted by Crippen LogP contribution is 2.17. The first kappa shape index (κ1) is 20.1. The summed E-state index contributed by atoms with van der Waals surface area (Å²) in [6.07, 6.45) is 2.90. The Morgan fingerprint density at radius 3 is 2.35 bits per heavy atom. The summed E-state index contributed by atoms with van der Waals surface area (Å²) >= 11 is 0. The lowest BCUT2D eigenvalue weighted by Crippen LogP contribution is -2.48. The fraction of sp³-hybridized carbons (Fsp3) is 0.409. The molecule has 0 radical (unpaired) electrons. The smallest absolute Gasteiger partial charge is 0.162 e. The van der Waals surface area contributed by atoms with E-state index in [0.29, 0.717) is 24.2 Å². The predicted octanol–water partition coefficient (Wildman–Crippen LogP) is 3.68. The van der Waals surface area contributed by atoms with Gasteiger partial charge in [0.1, 0.15) is 12.4 Å². The number of hydrogen-bond acceptors (Lipinski definition) is 4. The molecular formula is C22H29NO3. The van der Waals surface area contributed by atoms with Gasteiger partial charge in [0.15, 0.2) is 5.78 Å². The van der Waals surface area contributed by atoms with Gasteiger partial charge in [-0.25, -0.2) is 0 Å². The summed E-state index contributed by atoms with van der Waals surface area (Å²) < 4.78 is 5.64. The Hall–Kier alpha value is -2.17. The number of carbonyl (C=O) groups excluding carboxylic acids is 1. The molecule has 1 unspecified atom stereocenters. The van der Waals surface area contributed by atoms with Crippen LogP contribution in [0.15, 0.2) is 48.5 Å². The second kappa shape index (κ2) is 9.51. The van der Waals surface area contributed by atoms with Crippen LogP contribution in [-0.2, 0) is 6.42 Å². The molecule has 26 heavy (non-hydrogen) atoms. The second-order valence-electron chi connectivity index (χ2n) is 6.95. The molecule has 0 heterocycles. The Labute approximate surface area is 156 Å². The predicted molar refractivity (Wildman–Crippen MR) is 105 cm³/mol. The van der Waals surface area contributed by atoms with Crippen molar-refractivity contribution < 1.29 is 14.6 Å². The maximum absolute atomic E-state index is 12.3. The molecule has 0 aliphatic carbocycles. The number of aliphatic hydroxyl groups is 1. The number of ether oxygens (including phenoxy) is 1. The summed E-state index contributed by atoms with van der Waals surface area (Å²) in [5, 5.41) is 9.31. The topological polar surface area (TPSA) is 72.6 Å². The maximum atomic E-state index is 12.3. The first-order valence-corrected chi connectivity index (χ1v) is 9.17. The van der Waals surface area contributed by atoms with Crippen molar-refractivity contribution in [2.75, 3.05) is 13.2 Å². The van der Waals surface area contributed by atoms with E-state index in [9.17, 15) is 9.90 Å². The Bertz CT molecular complexity index is 688. The van der Waals surface area contributed by atoms with Crippen molar-refractivity contribution >= 4 is 5.78 Å². The van der Waals surface area contributed by atoms with Gasteiger partial charge in [0.25, 0.3) is 0 Å². The first-order valence-electron chi connectivity index (χ1n) is 9.17. The monoisotopic (exact) mass is 355 g/mol. The summed E-state index contributed by atoms with van der Waals surface area (Å²) in [4.78, 5) is 12.3. The molecule has 0 aliphatic heterocycles. The van der Waals surface area contributed by atoms with Gasteiger partial charge in [-0.2, -0.15) is 0 Å². The summed E-state index contributed by atoms with van der Waals surface area (Å²) in [5.74, 6) is 0.790. The number of rotatable bonds is 10. The van der Waals surface area contributed by atoms with Crippen molar-refractivity contribution in [1.29, 1.82) is 0 Å². The van der Waals surface area contributed by atoms with E-state index >= 15 is 0 Å². The number of aryl methyl sites for hydroxylation is 2. The lowest BCUT2D eigenvalue weighted by atomic mass is 10.0. The van der Waals surface area contributed by atoms with E-state index in [4.69, 9.17) is 10.5 Å². The standard InChI is InChI=1S/C22H29NO3/c1-3-22(23,15-24)16-26-20-13-11-19(12-14-20)21(25)6-4-5-18-9-7-17(2)8-10-18/h7-14,24H,3-6,15-16,23H2,1-2H3. The molecule has 2 aromatic rings. The van der Waals surface area contributed by atoms with Crippen LogP contribution in [0.4, 0.5) is 0 Å². The highest BCUT2D eigenvalue weighted by atomic mass is 16.5. The van der Waals surface area contributed by atoms with Gasteiger partial charge in [-0.15, -0.1) is 0 Å². The lowest BCUT2D eigenvalue weighted by Gasteiger charge is -2.25. The molecule has 3 N–H and O–H groups in total. The van der Waals surface area contributed by atoms with Crippen LogP contribution in [0.1, 0.15) is 47.7 Å². The summed E-state index contributed by atoms with van der Waals surface area (Å²) in [5.41, 5.74) is 8.47. The summed E-state index contributed by atoms with van der Waals surface area (Å²) in [7, 11) is 0. The van der Waals surface area contributed by atoms with Gasteiger partial charge < -0.3 is 15.6 Å². The number of hydrogen-bond donors (Lipinski definition) is 2. The number of benzene rings is 2. The summed E-state index contributed by atoms with van der Waals surface area (Å²) in [6.45, 7) is 4.10. The highest BCUT2D eigenvalue weighted by molar-refractivity contribution is 5.96. The average molecular weight is 355 g/mol. The van der Waals surface area contributed by atoms with Crippen molar-refractivity contribution in [2.45, 2.75) is 45.1 Å². The molecule has 4 nitrogen and oxygen atoms in total. The van der Waals surface area contributed by atoms with Gasteiger partial charge in [-0.05, 0) is 56.0 Å². The third kappa shape index (κ3) is 5.97. The Kier molecular flexibility index (Phi) is 7.37. The van der Waals surface area contributed by atoms with Gasteiger partial charge in [0, 0.05) is 12.0 Å². The van der Waals surface area contributed by atoms with Crippen LogP contribution < -0.4 is 10.5 Å². The van der Waals surface area contributed by atoms with Crippen LogP contribution in [0.5, 0.6) is 5.75 Å². The van der Waals surface area contributed by atoms with Crippen molar-refractivity contribution in [1.82, 2.24) is 0 Å². The largest absolute Gasteiger partial charge is 0.492 e. The average Bonchev–Trinajstić information content (AvgIpc) is 2.68. The zero-order valence-electron chi connectivity index (χ0n) is 15.7. The molecule has 0 spiro atoms. The molecule has 0 fully saturated rings. The molecule has 2 rings (SSSR count). The van der Waals surface area contributed by atoms with Crippen LogP contribution in [0.3, 0.4) is 0 Å². The normalized spacial score (nSPS) is 13.2. The van der Waals surface area contributed by atoms with Crippen LogP contribution >= 0.6 is 0 Å². The lowest BCUT2D eigenvalue weighted by molar-refractivity contribution is 0.0980. The van der Waals surface area contributed by atoms with E-state index in [0.717, 1.165) is 12.8 Å². The van der Waals surface area contributed by atoms with Crippen molar-refractivity contribution in [3.05, 3.63) is 65.2 Å². The van der Waals surface area contributed by atoms with Gasteiger partial charge >= 0.3 is 0 Å². The molecule has 4 heteroatoms. The molecule has 0 saturated heterocycles. The van der Waals surface area contributed by atoms with Crippen LogP contribution in [0.2, 0.25) is 0 Å². The van der Waals surface area contributed by atoms with Crippen molar-refractivity contribution in [2.24, 2.45) is 5.73 Å². The van der Waals surface area contributed by atoms with Gasteiger partial charge in [0.2, 0.25) is 0 Å². The molecule has 1 atom stereocenters. The minimum absolute atomic E-state index is 0.124. The minimum Gasteiger partial charge on any atom is -0.492 e. The Morgan fingerprint density at radius 2 is 1.77 bits per heavy atom. The third-order valence-electron chi connectivity index (χ3n) is 4.71. The number of nitrogens with two attached hydrogens (primary N) is 1. The zero-order chi connectivity index (χ0) is 19.0. The molecule has 2 aromatic carbocycles. The van der Waals surface area contributed by atoms with Crippen molar-refractivity contribution in [3.63, 3.8) is 0 Å². The number of aliphatic hydroxyl groups excluding tert-OH is 1. The fourth-order valence-electron chi connectivity index (χ4n) is 2.58. The number of Topliss-reactive ketones (excluding diaryl/α,β-unsaturated/α-hetero) is 1. The molecule has 0 amide bonds. The van der Waals surface area contributed by atoms with E-state index in [1.165, 1.54) is 11.1 Å². The van der Waals surface area contributed by atoms with E-state index in [-0.39, 0.29) is 19.0 Å². The highest BCUT2D eigenvalue weighted by Gasteiger charge is 2.22. The molecule has 140 valence electrons. The van der Waals surface area contributed by atoms with Gasteiger partial charge in [-0.1, -0.05) is 36.8 Å². The first-order chi connectivity index (χ1) is 12.5. The van der Waals surface area contributed by atoms with E-state index in [2.05, 4.69) is 31.2 Å². The van der Waals surface area contributed by atoms with Gasteiger partial charge in [-0.3, -0.25) is 4.79 Å². The molecule has 0 aliphatic rings. The van der Waals surface area contributed by atoms with Crippen LogP contribution in [0.25, 0.3) is 0 Å². The Morgan fingerprint density at radius 1 is 1.12 bits per heavy atom. The van der Waals surface area contributed by atoms with E-state index in [1.54, 1.807) is 24.3 Å². The number of ketones is 1. The van der Waals surface area contributed by atoms with Crippen LogP contribution in [0, 0.1) is 6.92 Å². The molecule has 0 saturated carbocycles. The Balaban J connectivity index is 1.81. The zero-order valence-corrected chi connectivity index (χ0v) is 15.7. The second-order valence-corrected chi connectivity index (χ2v) is 6.95. The number of carbonyl (C=O) groups is 1. The molecule has 0 aromatic heterocycles. The summed E-state index contributed by atoms with van der Waals surface area (Å²) in [6, 6.07) is 15.6. The molecule has 0 bridgehead atoms. The quantitative estimate of drug-likeness (QED) is 0.638. The third-order valence-corrected chi connectivity index (χ3v) is 4.71. The molecular weight excluding hydrogens is 326 g/mol. The van der Waals surface area contributed by atoms with Crippen LogP contribution in [-0.4, -0.2) is 29.6 Å².